The second-order valence-corrected chi connectivity index (χ2v) is 6.66. The van der Waals surface area contributed by atoms with E-state index in [0.717, 1.165) is 13.2 Å². The molecule has 0 aromatic heterocycles. The van der Waals surface area contributed by atoms with Crippen molar-refractivity contribution < 1.29 is 14.3 Å². The summed E-state index contributed by atoms with van der Waals surface area (Å²) in [6.07, 6.45) is 0. The van der Waals surface area contributed by atoms with Crippen molar-refractivity contribution >= 4 is 5.97 Å². The molecule has 4 heteroatoms. The summed E-state index contributed by atoms with van der Waals surface area (Å²) in [7, 11) is 0. The molecule has 0 saturated carbocycles. The lowest BCUT2D eigenvalue weighted by Crippen LogP contribution is -2.35. The van der Waals surface area contributed by atoms with E-state index in [0.29, 0.717) is 12.5 Å². The van der Waals surface area contributed by atoms with E-state index in [-0.39, 0.29) is 24.1 Å². The normalized spacial score (nSPS) is 25.4. The van der Waals surface area contributed by atoms with Gasteiger partial charge in [0.25, 0.3) is 0 Å². The van der Waals surface area contributed by atoms with Gasteiger partial charge in [0.2, 0.25) is 0 Å². The van der Waals surface area contributed by atoms with Gasteiger partial charge in [0, 0.05) is 12.0 Å². The van der Waals surface area contributed by atoms with Crippen LogP contribution in [-0.4, -0.2) is 42.8 Å². The van der Waals surface area contributed by atoms with E-state index in [9.17, 15) is 4.79 Å². The van der Waals surface area contributed by atoms with Crippen LogP contribution in [0.1, 0.15) is 24.1 Å². The molecule has 1 unspecified atom stereocenters. The lowest BCUT2D eigenvalue weighted by molar-refractivity contribution is -0.143. The molecule has 0 N–H and O–H groups in total. The second kappa shape index (κ2) is 6.98. The number of rotatable bonds is 6. The Kier molecular flexibility index (Phi) is 4.55. The van der Waals surface area contributed by atoms with Crippen molar-refractivity contribution in [2.75, 3.05) is 19.8 Å². The van der Waals surface area contributed by atoms with Crippen LogP contribution in [0.4, 0.5) is 0 Å². The molecular weight excluding hydrogens is 314 g/mol. The standard InChI is InChI=1S/C21H23NO3/c1-2-25-21(23)20-19(17-13-24-14-17)22(20)18(15-9-5-3-6-10-15)16-11-7-4-8-12-16/h3-12,17-20H,2,13-14H2,1H3/t19-,20-,22?/m1/s1. The van der Waals surface area contributed by atoms with Crippen molar-refractivity contribution in [3.8, 4) is 0 Å². The van der Waals surface area contributed by atoms with Crippen LogP contribution in [0.2, 0.25) is 0 Å². The summed E-state index contributed by atoms with van der Waals surface area (Å²) in [6.45, 7) is 3.73. The first-order chi connectivity index (χ1) is 12.3. The second-order valence-electron chi connectivity index (χ2n) is 6.66. The minimum Gasteiger partial charge on any atom is -0.465 e. The first kappa shape index (κ1) is 16.3. The van der Waals surface area contributed by atoms with E-state index in [2.05, 4.69) is 53.4 Å². The predicted octanol–water partition coefficient (Wildman–Crippen LogP) is 3.04. The molecule has 25 heavy (non-hydrogen) atoms. The van der Waals surface area contributed by atoms with Gasteiger partial charge in [0.15, 0.2) is 0 Å². The summed E-state index contributed by atoms with van der Waals surface area (Å²) >= 11 is 0. The molecule has 0 spiro atoms. The summed E-state index contributed by atoms with van der Waals surface area (Å²) in [5.74, 6) is 0.292. The molecule has 2 heterocycles. The van der Waals surface area contributed by atoms with Gasteiger partial charge in [-0.1, -0.05) is 60.7 Å². The van der Waals surface area contributed by atoms with Crippen LogP contribution in [0.25, 0.3) is 0 Å². The molecule has 2 aliphatic heterocycles. The fourth-order valence-electron chi connectivity index (χ4n) is 3.85. The SMILES string of the molecule is CCOC(=O)[C@H]1[C@@H](C2COC2)N1C(c1ccccc1)c1ccccc1. The van der Waals surface area contributed by atoms with Crippen LogP contribution in [0, 0.1) is 5.92 Å². The molecule has 2 fully saturated rings. The van der Waals surface area contributed by atoms with Gasteiger partial charge in [-0.25, -0.2) is 0 Å². The average Bonchev–Trinajstić information content (AvgIpc) is 3.30. The lowest BCUT2D eigenvalue weighted by Gasteiger charge is -2.28. The molecule has 4 nitrogen and oxygen atoms in total. The molecular formula is C21H23NO3. The van der Waals surface area contributed by atoms with Crippen molar-refractivity contribution in [1.29, 1.82) is 0 Å². The highest BCUT2D eigenvalue weighted by molar-refractivity contribution is 5.81. The number of hydrogen-bond donors (Lipinski definition) is 0. The summed E-state index contributed by atoms with van der Waals surface area (Å²) < 4.78 is 10.7. The molecule has 2 aliphatic rings. The summed E-state index contributed by atoms with van der Waals surface area (Å²) in [4.78, 5) is 14.8. The maximum absolute atomic E-state index is 12.5. The topological polar surface area (TPSA) is 38.5 Å². The van der Waals surface area contributed by atoms with Crippen molar-refractivity contribution in [1.82, 2.24) is 4.90 Å². The maximum Gasteiger partial charge on any atom is 0.325 e. The van der Waals surface area contributed by atoms with E-state index in [1.54, 1.807) is 0 Å². The number of benzene rings is 2. The number of carbonyl (C=O) groups excluding carboxylic acids is 1. The zero-order valence-electron chi connectivity index (χ0n) is 14.4. The van der Waals surface area contributed by atoms with Crippen LogP contribution < -0.4 is 0 Å². The van der Waals surface area contributed by atoms with Crippen LogP contribution in [0.15, 0.2) is 60.7 Å². The highest BCUT2D eigenvalue weighted by Gasteiger charge is 2.61. The smallest absolute Gasteiger partial charge is 0.325 e. The molecule has 0 amide bonds. The van der Waals surface area contributed by atoms with Crippen molar-refractivity contribution in [3.63, 3.8) is 0 Å². The Morgan fingerprint density at radius 2 is 1.64 bits per heavy atom. The summed E-state index contributed by atoms with van der Waals surface area (Å²) in [6, 6.07) is 20.8. The first-order valence-electron chi connectivity index (χ1n) is 8.93. The number of nitrogens with zero attached hydrogens (tertiary/aromatic N) is 1. The first-order valence-corrected chi connectivity index (χ1v) is 8.93. The van der Waals surface area contributed by atoms with E-state index < -0.39 is 0 Å². The van der Waals surface area contributed by atoms with Crippen LogP contribution >= 0.6 is 0 Å². The minimum absolute atomic E-state index is 0.0578. The fraction of sp³-hybridized carbons (Fsp3) is 0.381. The number of ether oxygens (including phenoxy) is 2. The van der Waals surface area contributed by atoms with Crippen LogP contribution in [-0.2, 0) is 14.3 Å². The number of esters is 1. The fourth-order valence-corrected chi connectivity index (χ4v) is 3.85. The highest BCUT2D eigenvalue weighted by Crippen LogP contribution is 2.47. The third-order valence-corrected chi connectivity index (χ3v) is 5.10. The third kappa shape index (κ3) is 3.08. The van der Waals surface area contributed by atoms with Gasteiger partial charge < -0.3 is 9.47 Å². The summed E-state index contributed by atoms with van der Waals surface area (Å²) in [5.41, 5.74) is 2.40. The van der Waals surface area contributed by atoms with Gasteiger partial charge in [-0.3, -0.25) is 9.69 Å². The highest BCUT2D eigenvalue weighted by atomic mass is 16.5. The monoisotopic (exact) mass is 337 g/mol. The predicted molar refractivity (Wildman–Crippen MR) is 95.1 cm³/mol. The van der Waals surface area contributed by atoms with Gasteiger partial charge in [0.05, 0.1) is 25.9 Å². The van der Waals surface area contributed by atoms with Crippen LogP contribution in [0.5, 0.6) is 0 Å². The molecule has 4 rings (SSSR count). The van der Waals surface area contributed by atoms with Gasteiger partial charge in [0.1, 0.15) is 6.04 Å². The quantitative estimate of drug-likeness (QED) is 0.600. The molecule has 0 aliphatic carbocycles. The molecule has 3 atom stereocenters. The number of carbonyl (C=O) groups is 1. The molecule has 0 bridgehead atoms. The molecule has 2 saturated heterocycles. The number of hydrogen-bond acceptors (Lipinski definition) is 4. The average molecular weight is 337 g/mol. The zero-order valence-corrected chi connectivity index (χ0v) is 14.4. The van der Waals surface area contributed by atoms with Gasteiger partial charge >= 0.3 is 5.97 Å². The Bertz CT molecular complexity index is 675. The Morgan fingerprint density at radius 3 is 2.08 bits per heavy atom. The van der Waals surface area contributed by atoms with E-state index in [4.69, 9.17) is 9.47 Å². The van der Waals surface area contributed by atoms with Gasteiger partial charge in [-0.2, -0.15) is 0 Å². The van der Waals surface area contributed by atoms with E-state index >= 15 is 0 Å². The Morgan fingerprint density at radius 1 is 1.08 bits per heavy atom. The van der Waals surface area contributed by atoms with E-state index in [1.165, 1.54) is 11.1 Å². The third-order valence-electron chi connectivity index (χ3n) is 5.10. The maximum atomic E-state index is 12.5. The van der Waals surface area contributed by atoms with Crippen molar-refractivity contribution in [2.45, 2.75) is 25.0 Å². The van der Waals surface area contributed by atoms with Gasteiger partial charge in [-0.05, 0) is 18.1 Å². The van der Waals surface area contributed by atoms with Crippen LogP contribution in [0.3, 0.4) is 0 Å². The Hall–Kier alpha value is -2.17. The largest absolute Gasteiger partial charge is 0.465 e. The minimum atomic E-state index is -0.181. The van der Waals surface area contributed by atoms with E-state index in [1.807, 2.05) is 19.1 Å². The molecule has 0 radical (unpaired) electrons. The van der Waals surface area contributed by atoms with Crippen molar-refractivity contribution in [3.05, 3.63) is 71.8 Å². The van der Waals surface area contributed by atoms with Gasteiger partial charge in [-0.15, -0.1) is 0 Å². The Balaban J connectivity index is 1.69. The molecule has 2 aromatic carbocycles. The Labute approximate surface area is 148 Å². The van der Waals surface area contributed by atoms with Crippen molar-refractivity contribution in [2.24, 2.45) is 5.92 Å². The zero-order chi connectivity index (χ0) is 17.2. The summed E-state index contributed by atoms with van der Waals surface area (Å²) in [5, 5.41) is 0. The molecule has 130 valence electrons. The lowest BCUT2D eigenvalue weighted by atomic mass is 9.97. The molecule has 2 aromatic rings.